The Hall–Kier alpha value is -2.52. The van der Waals surface area contributed by atoms with Gasteiger partial charge in [-0.3, -0.25) is 4.57 Å². The summed E-state index contributed by atoms with van der Waals surface area (Å²) in [7, 11) is 0. The average Bonchev–Trinajstić information content (AvgIpc) is 3.02. The van der Waals surface area contributed by atoms with E-state index in [1.54, 1.807) is 0 Å². The molecule has 0 unspecified atom stereocenters. The van der Waals surface area contributed by atoms with Crippen molar-refractivity contribution >= 4 is 22.9 Å². The van der Waals surface area contributed by atoms with E-state index < -0.39 is 30.3 Å². The van der Waals surface area contributed by atoms with E-state index in [0.717, 1.165) is 0 Å². The van der Waals surface area contributed by atoms with Crippen molar-refractivity contribution in [2.45, 2.75) is 24.5 Å². The molecule has 4 atom stereocenters. The van der Waals surface area contributed by atoms with Gasteiger partial charge in [0.2, 0.25) is 5.76 Å². The molecule has 21 heavy (non-hydrogen) atoms. The van der Waals surface area contributed by atoms with Crippen molar-refractivity contribution in [2.24, 2.45) is 0 Å². The first-order chi connectivity index (χ1) is 10.0. The number of anilines is 1. The smallest absolute Gasteiger partial charge is 0.209 e. The first-order valence-electron chi connectivity index (χ1n) is 5.93. The molecule has 1 saturated heterocycles. The van der Waals surface area contributed by atoms with Crippen LogP contribution in [0, 0.1) is 0 Å². The summed E-state index contributed by atoms with van der Waals surface area (Å²) in [5.41, 5.74) is 6.25. The third-order valence-corrected chi connectivity index (χ3v) is 3.27. The second-order valence-electron chi connectivity index (χ2n) is 4.50. The lowest BCUT2D eigenvalue weighted by Gasteiger charge is -2.16. The molecule has 0 saturated carbocycles. The number of imidazole rings is 1. The molecule has 2 aromatic heterocycles. The number of nitrogen functional groups attached to an aromatic ring is 1. The number of fused-ring (bicyclic) bond motifs is 1. The fourth-order valence-electron chi connectivity index (χ4n) is 2.23. The van der Waals surface area contributed by atoms with Crippen molar-refractivity contribution in [1.82, 2.24) is 19.5 Å². The lowest BCUT2D eigenvalue weighted by molar-refractivity contribution is -0.0334. The molecule has 3 rings (SSSR count). The van der Waals surface area contributed by atoms with Gasteiger partial charge in [0.25, 0.3) is 0 Å². The number of hydrogen-bond acceptors (Lipinski definition) is 9. The Balaban J connectivity index is 2.04. The van der Waals surface area contributed by atoms with Crippen LogP contribution in [0.5, 0.6) is 0 Å². The first-order valence-corrected chi connectivity index (χ1v) is 5.93. The van der Waals surface area contributed by atoms with Crippen LogP contribution in [0.1, 0.15) is 6.23 Å². The zero-order chi connectivity index (χ0) is 15.1. The second kappa shape index (κ2) is 4.79. The largest absolute Gasteiger partial charge is 0.500 e. The minimum atomic E-state index is -1.49. The van der Waals surface area contributed by atoms with Crippen molar-refractivity contribution in [3.05, 3.63) is 18.4 Å². The van der Waals surface area contributed by atoms with E-state index in [1.807, 2.05) is 0 Å². The van der Waals surface area contributed by atoms with Gasteiger partial charge in [-0.1, -0.05) is 0 Å². The van der Waals surface area contributed by atoms with Crippen LogP contribution >= 0.6 is 0 Å². The monoisotopic (exact) mass is 293 g/mol. The number of rotatable bonds is 2. The molecular weight excluding hydrogens is 282 g/mol. The molecule has 1 fully saturated rings. The zero-order valence-electron chi connectivity index (χ0n) is 10.5. The maximum absolute atomic E-state index is 10.5. The molecule has 10 nitrogen and oxygen atoms in total. The fourth-order valence-corrected chi connectivity index (χ4v) is 2.23. The Kier molecular flexibility index (Phi) is 3.07. The predicted octanol–water partition coefficient (Wildman–Crippen LogP) is -1.70. The molecule has 5 N–H and O–H groups in total. The molecule has 10 heteroatoms. The van der Waals surface area contributed by atoms with Crippen LogP contribution < -0.4 is 5.73 Å². The zero-order valence-corrected chi connectivity index (χ0v) is 10.5. The van der Waals surface area contributed by atoms with Gasteiger partial charge in [-0.05, 0) is 0 Å². The normalized spacial score (nSPS) is 28.7. The summed E-state index contributed by atoms with van der Waals surface area (Å²) < 4.78 is 6.64. The van der Waals surface area contributed by atoms with E-state index in [-0.39, 0.29) is 11.5 Å². The van der Waals surface area contributed by atoms with Crippen LogP contribution in [0.2, 0.25) is 0 Å². The lowest BCUT2D eigenvalue weighted by atomic mass is 10.1. The second-order valence-corrected chi connectivity index (χ2v) is 4.50. The van der Waals surface area contributed by atoms with Crippen LogP contribution in [0.4, 0.5) is 5.82 Å². The number of ether oxygens (including phenoxy) is 1. The summed E-state index contributed by atoms with van der Waals surface area (Å²) in [6, 6.07) is 0. The Labute approximate surface area is 117 Å². The van der Waals surface area contributed by atoms with E-state index in [2.05, 4.69) is 15.0 Å². The number of nitrogens with two attached hydrogens (primary N) is 1. The number of hydrogen-bond donors (Lipinski definition) is 4. The highest BCUT2D eigenvalue weighted by molar-refractivity contribution is 5.81. The minimum Gasteiger partial charge on any atom is -0.500 e. The lowest BCUT2D eigenvalue weighted by Crippen LogP contribution is -2.32. The van der Waals surface area contributed by atoms with Gasteiger partial charge in [0.05, 0.1) is 6.33 Å². The standard InChI is InChI=1S/C11H11N5O5/c12-9-5-10(14-2-13-9)16(3-15-5)11-7(20)6(19)8(21-11)4(18)1-17/h2-3,6-8,11,18-20H,(H2,12,13,14)/t6-,7+,8+,11+/m0/s1. The number of nitrogens with zero attached hydrogens (tertiary/aromatic N) is 4. The van der Waals surface area contributed by atoms with Gasteiger partial charge in [0.1, 0.15) is 24.1 Å². The Morgan fingerprint density at radius 3 is 2.81 bits per heavy atom. The molecule has 110 valence electrons. The van der Waals surface area contributed by atoms with Gasteiger partial charge in [0, 0.05) is 0 Å². The van der Waals surface area contributed by atoms with Crippen LogP contribution in [0.3, 0.4) is 0 Å². The molecular formula is C11H11N5O5. The molecule has 1 aliphatic heterocycles. The third-order valence-electron chi connectivity index (χ3n) is 3.27. The van der Waals surface area contributed by atoms with Crippen LogP contribution in [0.15, 0.2) is 18.4 Å². The molecule has 0 spiro atoms. The van der Waals surface area contributed by atoms with E-state index >= 15 is 0 Å². The average molecular weight is 293 g/mol. The molecule has 0 bridgehead atoms. The summed E-state index contributed by atoms with van der Waals surface area (Å²) in [5.74, 6) is 0.546. The van der Waals surface area contributed by atoms with Crippen molar-refractivity contribution in [3.8, 4) is 0 Å². The minimum absolute atomic E-state index is 0.152. The first kappa shape index (κ1) is 13.5. The van der Waals surface area contributed by atoms with Gasteiger partial charge in [-0.25, -0.2) is 19.7 Å². The van der Waals surface area contributed by atoms with E-state index in [4.69, 9.17) is 10.5 Å². The van der Waals surface area contributed by atoms with Gasteiger partial charge < -0.3 is 25.8 Å². The van der Waals surface area contributed by atoms with Crippen LogP contribution in [0.25, 0.3) is 11.2 Å². The summed E-state index contributed by atoms with van der Waals surface area (Å²) in [5, 5.41) is 29.2. The number of carbonyl (C=O) groups excluding carboxylic acids is 1. The Morgan fingerprint density at radius 1 is 1.33 bits per heavy atom. The van der Waals surface area contributed by atoms with Crippen LogP contribution in [-0.4, -0.2) is 59.1 Å². The van der Waals surface area contributed by atoms with Crippen molar-refractivity contribution in [1.29, 1.82) is 0 Å². The molecule has 3 heterocycles. The summed E-state index contributed by atoms with van der Waals surface area (Å²) in [6.07, 6.45) is -2.85. The van der Waals surface area contributed by atoms with Gasteiger partial charge >= 0.3 is 0 Å². The molecule has 0 aromatic carbocycles. The maximum atomic E-state index is 10.5. The summed E-state index contributed by atoms with van der Waals surface area (Å²) in [4.78, 5) is 22.2. The highest BCUT2D eigenvalue weighted by Gasteiger charge is 2.46. The topological polar surface area (TPSA) is 157 Å². The Bertz CT molecular complexity index is 740. The summed E-state index contributed by atoms with van der Waals surface area (Å²) in [6.45, 7) is 0. The van der Waals surface area contributed by atoms with Gasteiger partial charge in [0.15, 0.2) is 29.7 Å². The summed E-state index contributed by atoms with van der Waals surface area (Å²) >= 11 is 0. The third kappa shape index (κ3) is 1.94. The molecule has 1 aliphatic rings. The molecule has 2 aromatic rings. The van der Waals surface area contributed by atoms with E-state index in [0.29, 0.717) is 5.52 Å². The van der Waals surface area contributed by atoms with Gasteiger partial charge in [-0.2, -0.15) is 0 Å². The highest BCUT2D eigenvalue weighted by atomic mass is 16.6. The van der Waals surface area contributed by atoms with Gasteiger partial charge in [-0.15, -0.1) is 0 Å². The van der Waals surface area contributed by atoms with E-state index in [9.17, 15) is 20.1 Å². The molecule has 0 aliphatic carbocycles. The van der Waals surface area contributed by atoms with Crippen LogP contribution in [-0.2, 0) is 9.53 Å². The maximum Gasteiger partial charge on any atom is 0.209 e. The van der Waals surface area contributed by atoms with E-state index in [1.165, 1.54) is 23.2 Å². The van der Waals surface area contributed by atoms with Crippen molar-refractivity contribution < 1.29 is 24.9 Å². The molecule has 0 amide bonds. The SMILES string of the molecule is Nc1ncnc2c1ncn2[C@@H]1O[C@H](C(O)=C=O)[C@@H](O)[C@H]1O. The predicted molar refractivity (Wildman–Crippen MR) is 67.5 cm³/mol. The number of aromatic nitrogens is 4. The van der Waals surface area contributed by atoms with Crippen molar-refractivity contribution in [2.75, 3.05) is 5.73 Å². The highest BCUT2D eigenvalue weighted by Crippen LogP contribution is 2.33. The van der Waals surface area contributed by atoms with Crippen molar-refractivity contribution in [3.63, 3.8) is 0 Å². The number of aliphatic hydroxyl groups is 3. The quantitative estimate of drug-likeness (QED) is 0.374. The Morgan fingerprint density at radius 2 is 2.10 bits per heavy atom. The number of aliphatic hydroxyl groups excluding tert-OH is 3. The fraction of sp³-hybridized carbons (Fsp3) is 0.364. The molecule has 0 radical (unpaired) electrons.